The van der Waals surface area contributed by atoms with E-state index < -0.39 is 14.9 Å². The number of benzene rings is 2. The maximum atomic E-state index is 12.8. The Kier molecular flexibility index (Phi) is 5.08. The van der Waals surface area contributed by atoms with Crippen molar-refractivity contribution in [1.29, 1.82) is 0 Å². The maximum Gasteiger partial charge on any atom is 0.271 e. The van der Waals surface area contributed by atoms with Gasteiger partial charge in [-0.25, -0.2) is 8.42 Å². The molecule has 0 aliphatic rings. The molecular formula is C17H16N4O5S. The SMILES string of the molecule is COc1ccc([N+](=O)[O-])cc1S(=O)(=O)Nc1cccc(Cn2cccn2)c1. The third kappa shape index (κ3) is 4.23. The second kappa shape index (κ2) is 7.46. The Labute approximate surface area is 155 Å². The van der Waals surface area contributed by atoms with Gasteiger partial charge in [0, 0.05) is 30.2 Å². The largest absolute Gasteiger partial charge is 0.495 e. The van der Waals surface area contributed by atoms with Crippen LogP contribution in [0.15, 0.2) is 65.8 Å². The Bertz CT molecular complexity index is 1060. The molecule has 0 fully saturated rings. The van der Waals surface area contributed by atoms with E-state index in [2.05, 4.69) is 9.82 Å². The fraction of sp³-hybridized carbons (Fsp3) is 0.118. The average Bonchev–Trinajstić information content (AvgIpc) is 3.14. The molecular weight excluding hydrogens is 372 g/mol. The standard InChI is InChI=1S/C17H16N4O5S/c1-26-16-7-6-15(21(22)23)11-17(16)27(24,25)19-14-5-2-4-13(10-14)12-20-9-3-8-18-20/h2-11,19H,12H2,1H3. The minimum atomic E-state index is -4.09. The molecule has 0 unspecified atom stereocenters. The molecule has 1 heterocycles. The van der Waals surface area contributed by atoms with Crippen LogP contribution in [-0.4, -0.2) is 30.2 Å². The number of non-ortho nitro benzene ring substituents is 1. The van der Waals surface area contributed by atoms with Crippen LogP contribution < -0.4 is 9.46 Å². The van der Waals surface area contributed by atoms with Gasteiger partial charge in [0.2, 0.25) is 0 Å². The summed E-state index contributed by atoms with van der Waals surface area (Å²) in [7, 11) is -2.80. The lowest BCUT2D eigenvalue weighted by atomic mass is 10.2. The molecule has 27 heavy (non-hydrogen) atoms. The number of ether oxygens (including phenoxy) is 1. The van der Waals surface area contributed by atoms with Crippen molar-refractivity contribution < 1.29 is 18.1 Å². The van der Waals surface area contributed by atoms with Gasteiger partial charge in [-0.15, -0.1) is 0 Å². The van der Waals surface area contributed by atoms with Crippen LogP contribution in [0.2, 0.25) is 0 Å². The van der Waals surface area contributed by atoms with Gasteiger partial charge in [-0.1, -0.05) is 12.1 Å². The summed E-state index contributed by atoms with van der Waals surface area (Å²) in [5.74, 6) is 0.0146. The fourth-order valence-electron chi connectivity index (χ4n) is 2.51. The van der Waals surface area contributed by atoms with Crippen LogP contribution in [0, 0.1) is 10.1 Å². The molecule has 9 nitrogen and oxygen atoms in total. The molecule has 3 aromatic rings. The van der Waals surface area contributed by atoms with Crippen molar-refractivity contribution in [3.63, 3.8) is 0 Å². The van der Waals surface area contributed by atoms with Crippen LogP contribution in [0.4, 0.5) is 11.4 Å². The van der Waals surface area contributed by atoms with E-state index >= 15 is 0 Å². The molecule has 10 heteroatoms. The summed E-state index contributed by atoms with van der Waals surface area (Å²) >= 11 is 0. The number of nitro benzene ring substituents is 1. The van der Waals surface area contributed by atoms with Gasteiger partial charge in [0.25, 0.3) is 15.7 Å². The number of nitrogens with one attached hydrogen (secondary N) is 1. The zero-order chi connectivity index (χ0) is 19.4. The van der Waals surface area contributed by atoms with Crippen molar-refractivity contribution in [1.82, 2.24) is 9.78 Å². The summed E-state index contributed by atoms with van der Waals surface area (Å²) in [5.41, 5.74) is 0.821. The molecule has 1 N–H and O–H groups in total. The summed E-state index contributed by atoms with van der Waals surface area (Å²) in [6, 6.07) is 12.0. The topological polar surface area (TPSA) is 116 Å². The summed E-state index contributed by atoms with van der Waals surface area (Å²) < 4.78 is 34.7. The molecule has 0 saturated carbocycles. The zero-order valence-corrected chi connectivity index (χ0v) is 15.1. The molecule has 0 amide bonds. The normalized spacial score (nSPS) is 11.1. The quantitative estimate of drug-likeness (QED) is 0.491. The van der Waals surface area contributed by atoms with Gasteiger partial charge in [0.15, 0.2) is 0 Å². The maximum absolute atomic E-state index is 12.8. The summed E-state index contributed by atoms with van der Waals surface area (Å²) in [6.45, 7) is 0.475. The van der Waals surface area contributed by atoms with Crippen molar-refractivity contribution in [3.05, 3.63) is 76.6 Å². The number of methoxy groups -OCH3 is 1. The first-order valence-corrected chi connectivity index (χ1v) is 9.29. The summed E-state index contributed by atoms with van der Waals surface area (Å²) in [6.07, 6.45) is 3.45. The van der Waals surface area contributed by atoms with E-state index in [1.807, 2.05) is 6.07 Å². The Morgan fingerprint density at radius 3 is 2.70 bits per heavy atom. The number of hydrogen-bond acceptors (Lipinski definition) is 6. The molecule has 0 saturated heterocycles. The van der Waals surface area contributed by atoms with E-state index in [1.165, 1.54) is 19.2 Å². The van der Waals surface area contributed by atoms with Gasteiger partial charge in [-0.2, -0.15) is 5.10 Å². The Morgan fingerprint density at radius 2 is 2.04 bits per heavy atom. The highest BCUT2D eigenvalue weighted by atomic mass is 32.2. The third-order valence-electron chi connectivity index (χ3n) is 3.73. The molecule has 2 aromatic carbocycles. The number of anilines is 1. The number of rotatable bonds is 7. The second-order valence-corrected chi connectivity index (χ2v) is 7.25. The molecule has 0 radical (unpaired) electrons. The molecule has 140 valence electrons. The first-order valence-electron chi connectivity index (χ1n) is 7.80. The number of nitro groups is 1. The lowest BCUT2D eigenvalue weighted by Gasteiger charge is -2.12. The smallest absolute Gasteiger partial charge is 0.271 e. The summed E-state index contributed by atoms with van der Waals surface area (Å²) in [5, 5.41) is 15.1. The Hall–Kier alpha value is -3.40. The van der Waals surface area contributed by atoms with Crippen molar-refractivity contribution in [3.8, 4) is 5.75 Å². The molecule has 0 aliphatic heterocycles. The minimum absolute atomic E-state index is 0.0146. The number of aromatic nitrogens is 2. The van der Waals surface area contributed by atoms with E-state index in [0.29, 0.717) is 12.2 Å². The van der Waals surface area contributed by atoms with Crippen LogP contribution in [0.5, 0.6) is 5.75 Å². The number of hydrogen-bond donors (Lipinski definition) is 1. The van der Waals surface area contributed by atoms with Gasteiger partial charge in [-0.3, -0.25) is 19.5 Å². The molecule has 3 rings (SSSR count). The van der Waals surface area contributed by atoms with Gasteiger partial charge in [-0.05, 0) is 29.8 Å². The van der Waals surface area contributed by atoms with E-state index in [1.54, 1.807) is 41.3 Å². The first-order chi connectivity index (χ1) is 12.9. The van der Waals surface area contributed by atoms with Gasteiger partial charge in [0.05, 0.1) is 18.6 Å². The van der Waals surface area contributed by atoms with Crippen LogP contribution >= 0.6 is 0 Å². The highest BCUT2D eigenvalue weighted by Crippen LogP contribution is 2.29. The Morgan fingerprint density at radius 1 is 1.22 bits per heavy atom. The molecule has 0 atom stereocenters. The molecule has 0 bridgehead atoms. The number of sulfonamides is 1. The van der Waals surface area contributed by atoms with Crippen molar-refractivity contribution in [2.24, 2.45) is 0 Å². The average molecular weight is 388 g/mol. The second-order valence-electron chi connectivity index (χ2n) is 5.60. The first kappa shape index (κ1) is 18.4. The highest BCUT2D eigenvalue weighted by molar-refractivity contribution is 7.92. The summed E-state index contributed by atoms with van der Waals surface area (Å²) in [4.78, 5) is 10.0. The van der Waals surface area contributed by atoms with E-state index in [-0.39, 0.29) is 16.3 Å². The van der Waals surface area contributed by atoms with Gasteiger partial charge < -0.3 is 4.74 Å². The van der Waals surface area contributed by atoms with Crippen LogP contribution in [0.1, 0.15) is 5.56 Å². The molecule has 0 aliphatic carbocycles. The van der Waals surface area contributed by atoms with Gasteiger partial charge in [0.1, 0.15) is 10.6 Å². The third-order valence-corrected chi connectivity index (χ3v) is 5.13. The predicted molar refractivity (Wildman–Crippen MR) is 98.2 cm³/mol. The predicted octanol–water partition coefficient (Wildman–Crippen LogP) is 2.65. The van der Waals surface area contributed by atoms with Crippen LogP contribution in [-0.2, 0) is 16.6 Å². The minimum Gasteiger partial charge on any atom is -0.495 e. The van der Waals surface area contributed by atoms with Gasteiger partial charge >= 0.3 is 0 Å². The molecule has 1 aromatic heterocycles. The monoisotopic (exact) mass is 388 g/mol. The van der Waals surface area contributed by atoms with Crippen molar-refractivity contribution in [2.75, 3.05) is 11.8 Å². The molecule has 0 spiro atoms. The lowest BCUT2D eigenvalue weighted by Crippen LogP contribution is -2.14. The zero-order valence-electron chi connectivity index (χ0n) is 14.3. The van der Waals surface area contributed by atoms with E-state index in [4.69, 9.17) is 4.74 Å². The Balaban J connectivity index is 1.91. The van der Waals surface area contributed by atoms with E-state index in [0.717, 1.165) is 11.6 Å². The number of nitrogens with zero attached hydrogens (tertiary/aromatic N) is 3. The van der Waals surface area contributed by atoms with Crippen molar-refractivity contribution >= 4 is 21.4 Å². The van der Waals surface area contributed by atoms with Crippen LogP contribution in [0.25, 0.3) is 0 Å². The van der Waals surface area contributed by atoms with Crippen molar-refractivity contribution in [2.45, 2.75) is 11.4 Å². The fourth-order valence-corrected chi connectivity index (χ4v) is 3.75. The highest BCUT2D eigenvalue weighted by Gasteiger charge is 2.23. The lowest BCUT2D eigenvalue weighted by molar-refractivity contribution is -0.385. The van der Waals surface area contributed by atoms with Crippen LogP contribution in [0.3, 0.4) is 0 Å². The van der Waals surface area contributed by atoms with E-state index in [9.17, 15) is 18.5 Å².